The van der Waals surface area contributed by atoms with Crippen LogP contribution in [-0.2, 0) is 0 Å². The fraction of sp³-hybridized carbons (Fsp3) is 0.438. The number of anilines is 1. The van der Waals surface area contributed by atoms with Crippen LogP contribution in [-0.4, -0.2) is 35.6 Å². The number of aromatic nitrogens is 1. The van der Waals surface area contributed by atoms with Crippen LogP contribution in [0.15, 0.2) is 30.5 Å². The van der Waals surface area contributed by atoms with Crippen LogP contribution in [0.2, 0.25) is 5.02 Å². The quantitative estimate of drug-likeness (QED) is 0.928. The van der Waals surface area contributed by atoms with E-state index in [0.717, 1.165) is 28.2 Å². The van der Waals surface area contributed by atoms with Crippen molar-refractivity contribution in [1.29, 1.82) is 0 Å². The molecule has 2 aromatic rings. The Bertz CT molecular complexity index is 593. The van der Waals surface area contributed by atoms with Crippen molar-refractivity contribution in [2.24, 2.45) is 0 Å². The van der Waals surface area contributed by atoms with Crippen molar-refractivity contribution < 1.29 is 0 Å². The van der Waals surface area contributed by atoms with Gasteiger partial charge in [0.25, 0.3) is 0 Å². The third kappa shape index (κ3) is 3.05. The van der Waals surface area contributed by atoms with Crippen molar-refractivity contribution in [2.75, 3.05) is 25.0 Å². The first-order chi connectivity index (χ1) is 9.72. The molecule has 1 aliphatic heterocycles. The van der Waals surface area contributed by atoms with Gasteiger partial charge in [0.1, 0.15) is 0 Å². The minimum absolute atomic E-state index is 0.425. The lowest BCUT2D eigenvalue weighted by atomic mass is 10.1. The largest absolute Gasteiger partial charge is 0.381 e. The molecule has 1 saturated heterocycles. The van der Waals surface area contributed by atoms with Crippen LogP contribution in [0.3, 0.4) is 0 Å². The molecule has 2 heterocycles. The van der Waals surface area contributed by atoms with E-state index in [4.69, 9.17) is 11.6 Å². The number of nitrogens with one attached hydrogen (secondary N) is 1. The van der Waals surface area contributed by atoms with Crippen LogP contribution in [0, 0.1) is 0 Å². The van der Waals surface area contributed by atoms with Gasteiger partial charge in [-0.2, -0.15) is 0 Å². The third-order valence-corrected chi connectivity index (χ3v) is 4.07. The molecule has 0 saturated carbocycles. The van der Waals surface area contributed by atoms with Crippen molar-refractivity contribution in [1.82, 2.24) is 9.88 Å². The van der Waals surface area contributed by atoms with Gasteiger partial charge in [-0.25, -0.2) is 0 Å². The molecular weight excluding hydrogens is 270 g/mol. The predicted molar refractivity (Wildman–Crippen MR) is 85.5 cm³/mol. The van der Waals surface area contributed by atoms with E-state index in [-0.39, 0.29) is 0 Å². The molecule has 0 bridgehead atoms. The molecule has 0 aliphatic carbocycles. The van der Waals surface area contributed by atoms with E-state index in [9.17, 15) is 0 Å². The molecule has 1 aromatic heterocycles. The Morgan fingerprint density at radius 1 is 1.30 bits per heavy atom. The normalized spacial score (nSPS) is 17.5. The Hall–Kier alpha value is -1.32. The zero-order valence-corrected chi connectivity index (χ0v) is 12.5. The van der Waals surface area contributed by atoms with E-state index in [1.54, 1.807) is 0 Å². The molecule has 1 fully saturated rings. The molecule has 0 amide bonds. The number of fused-ring (bicyclic) bond motifs is 1. The lowest BCUT2D eigenvalue weighted by Gasteiger charge is -2.22. The smallest absolute Gasteiger partial charge is 0.0737 e. The van der Waals surface area contributed by atoms with Gasteiger partial charge in [0.05, 0.1) is 5.52 Å². The number of hydrogen-bond donors (Lipinski definition) is 1. The Balaban J connectivity index is 1.76. The molecule has 1 atom stereocenters. The van der Waals surface area contributed by atoms with Gasteiger partial charge in [-0.15, -0.1) is 0 Å². The number of hydrogen-bond acceptors (Lipinski definition) is 3. The van der Waals surface area contributed by atoms with Crippen LogP contribution in [0.25, 0.3) is 10.9 Å². The maximum absolute atomic E-state index is 6.02. The number of halogens is 1. The molecule has 1 N–H and O–H groups in total. The van der Waals surface area contributed by atoms with Gasteiger partial charge in [-0.05, 0) is 57.1 Å². The van der Waals surface area contributed by atoms with Gasteiger partial charge >= 0.3 is 0 Å². The van der Waals surface area contributed by atoms with Gasteiger partial charge in [-0.3, -0.25) is 4.98 Å². The Kier molecular flexibility index (Phi) is 4.08. The van der Waals surface area contributed by atoms with Gasteiger partial charge < -0.3 is 10.2 Å². The molecule has 0 unspecified atom stereocenters. The van der Waals surface area contributed by atoms with E-state index in [1.165, 1.54) is 25.9 Å². The highest BCUT2D eigenvalue weighted by Gasteiger charge is 2.15. The van der Waals surface area contributed by atoms with E-state index >= 15 is 0 Å². The molecule has 20 heavy (non-hydrogen) atoms. The van der Waals surface area contributed by atoms with Crippen LogP contribution < -0.4 is 5.32 Å². The van der Waals surface area contributed by atoms with Gasteiger partial charge in [0, 0.05) is 34.9 Å². The Morgan fingerprint density at radius 3 is 2.90 bits per heavy atom. The SMILES string of the molecule is C[C@H](CN1CCCC1)Nc1ccnc2cc(Cl)ccc12. The van der Waals surface area contributed by atoms with E-state index < -0.39 is 0 Å². The molecule has 4 heteroatoms. The monoisotopic (exact) mass is 289 g/mol. The Morgan fingerprint density at radius 2 is 2.10 bits per heavy atom. The van der Waals surface area contributed by atoms with Crippen molar-refractivity contribution >= 4 is 28.2 Å². The molecule has 0 spiro atoms. The maximum Gasteiger partial charge on any atom is 0.0737 e. The number of benzene rings is 1. The lowest BCUT2D eigenvalue weighted by molar-refractivity contribution is 0.328. The summed E-state index contributed by atoms with van der Waals surface area (Å²) < 4.78 is 0. The topological polar surface area (TPSA) is 28.2 Å². The van der Waals surface area contributed by atoms with Crippen molar-refractivity contribution in [3.05, 3.63) is 35.5 Å². The fourth-order valence-electron chi connectivity index (χ4n) is 2.91. The first kappa shape index (κ1) is 13.7. The first-order valence-corrected chi connectivity index (χ1v) is 7.63. The van der Waals surface area contributed by atoms with Crippen LogP contribution in [0.5, 0.6) is 0 Å². The number of pyridine rings is 1. The summed E-state index contributed by atoms with van der Waals surface area (Å²) in [7, 11) is 0. The second-order valence-electron chi connectivity index (χ2n) is 5.57. The third-order valence-electron chi connectivity index (χ3n) is 3.84. The average Bonchev–Trinajstić information content (AvgIpc) is 2.91. The van der Waals surface area contributed by atoms with Crippen molar-refractivity contribution in [3.63, 3.8) is 0 Å². The molecule has 1 aromatic carbocycles. The zero-order chi connectivity index (χ0) is 13.9. The fourth-order valence-corrected chi connectivity index (χ4v) is 3.08. The standard InChI is InChI=1S/C16H20ClN3/c1-12(11-20-8-2-3-9-20)19-15-6-7-18-16-10-13(17)4-5-14(15)16/h4-7,10,12H,2-3,8-9,11H2,1H3,(H,18,19)/t12-/m1/s1. The minimum atomic E-state index is 0.425. The summed E-state index contributed by atoms with van der Waals surface area (Å²) in [5.41, 5.74) is 2.08. The second-order valence-corrected chi connectivity index (χ2v) is 6.01. The number of likely N-dealkylation sites (tertiary alicyclic amines) is 1. The van der Waals surface area contributed by atoms with E-state index in [2.05, 4.69) is 22.1 Å². The highest BCUT2D eigenvalue weighted by Crippen LogP contribution is 2.25. The predicted octanol–water partition coefficient (Wildman–Crippen LogP) is 3.78. The summed E-state index contributed by atoms with van der Waals surface area (Å²) in [6.07, 6.45) is 4.51. The molecular formula is C16H20ClN3. The number of nitrogens with zero attached hydrogens (tertiary/aromatic N) is 2. The van der Waals surface area contributed by atoms with E-state index in [1.807, 2.05) is 30.5 Å². The van der Waals surface area contributed by atoms with Crippen molar-refractivity contribution in [3.8, 4) is 0 Å². The summed E-state index contributed by atoms with van der Waals surface area (Å²) in [5.74, 6) is 0. The second kappa shape index (κ2) is 5.98. The van der Waals surface area contributed by atoms with Crippen LogP contribution in [0.4, 0.5) is 5.69 Å². The highest BCUT2D eigenvalue weighted by molar-refractivity contribution is 6.31. The van der Waals surface area contributed by atoms with Gasteiger partial charge in [0.15, 0.2) is 0 Å². The van der Waals surface area contributed by atoms with Crippen LogP contribution >= 0.6 is 11.6 Å². The molecule has 3 nitrogen and oxygen atoms in total. The summed E-state index contributed by atoms with van der Waals surface area (Å²) in [6.45, 7) is 5.80. The first-order valence-electron chi connectivity index (χ1n) is 7.25. The summed E-state index contributed by atoms with van der Waals surface area (Å²) in [5, 5.41) is 5.47. The highest BCUT2D eigenvalue weighted by atomic mass is 35.5. The molecule has 0 radical (unpaired) electrons. The van der Waals surface area contributed by atoms with E-state index in [0.29, 0.717) is 6.04 Å². The van der Waals surface area contributed by atoms with Gasteiger partial charge in [-0.1, -0.05) is 11.6 Å². The summed E-state index contributed by atoms with van der Waals surface area (Å²) in [4.78, 5) is 6.90. The minimum Gasteiger partial charge on any atom is -0.381 e. The molecule has 106 valence electrons. The van der Waals surface area contributed by atoms with Crippen LogP contribution in [0.1, 0.15) is 19.8 Å². The average molecular weight is 290 g/mol. The maximum atomic E-state index is 6.02. The van der Waals surface area contributed by atoms with Crippen molar-refractivity contribution in [2.45, 2.75) is 25.8 Å². The molecule has 1 aliphatic rings. The summed E-state index contributed by atoms with van der Waals surface area (Å²) >= 11 is 6.02. The number of rotatable bonds is 4. The zero-order valence-electron chi connectivity index (χ0n) is 11.8. The van der Waals surface area contributed by atoms with Gasteiger partial charge in [0.2, 0.25) is 0 Å². The summed E-state index contributed by atoms with van der Waals surface area (Å²) in [6, 6.07) is 8.33. The Labute approximate surface area is 124 Å². The molecule has 3 rings (SSSR count). The lowest BCUT2D eigenvalue weighted by Crippen LogP contribution is -2.33.